The molecule has 1 fully saturated rings. The van der Waals surface area contributed by atoms with Crippen LogP contribution in [0.2, 0.25) is 0 Å². The van der Waals surface area contributed by atoms with Crippen LogP contribution in [0.15, 0.2) is 24.3 Å². The molecule has 2 rings (SSSR count). The van der Waals surface area contributed by atoms with Gasteiger partial charge in [0.15, 0.2) is 15.6 Å². The predicted octanol–water partition coefficient (Wildman–Crippen LogP) is 1.90. The number of carbonyl (C=O) groups excluding carboxylic acids is 1. The minimum atomic E-state index is -3.30. The number of hydrogen-bond donors (Lipinski definition) is 0. The second kappa shape index (κ2) is 5.18. The van der Waals surface area contributed by atoms with E-state index in [0.29, 0.717) is 18.4 Å². The highest BCUT2D eigenvalue weighted by Gasteiger charge is 2.34. The number of halogens is 1. The zero-order valence-corrected chi connectivity index (χ0v) is 10.7. The number of benzene rings is 1. The van der Waals surface area contributed by atoms with Crippen molar-refractivity contribution < 1.29 is 17.6 Å². The van der Waals surface area contributed by atoms with Crippen molar-refractivity contribution in [3.05, 3.63) is 35.6 Å². The maximum Gasteiger partial charge on any atom is 0.160 e. The Morgan fingerprint density at radius 2 is 2.11 bits per heavy atom. The quantitative estimate of drug-likeness (QED) is 0.843. The maximum absolute atomic E-state index is 13.0. The molecule has 0 N–H and O–H groups in total. The van der Waals surface area contributed by atoms with Crippen LogP contribution in [-0.2, 0) is 21.1 Å². The van der Waals surface area contributed by atoms with E-state index in [2.05, 4.69) is 0 Å². The zero-order chi connectivity index (χ0) is 13.2. The van der Waals surface area contributed by atoms with E-state index in [4.69, 9.17) is 0 Å². The molecule has 0 aromatic heterocycles. The summed E-state index contributed by atoms with van der Waals surface area (Å²) in [4.78, 5) is 12.0. The first-order chi connectivity index (χ1) is 8.49. The van der Waals surface area contributed by atoms with Crippen LogP contribution in [-0.4, -0.2) is 25.2 Å². The van der Waals surface area contributed by atoms with Gasteiger partial charge < -0.3 is 0 Å². The van der Waals surface area contributed by atoms with Crippen molar-refractivity contribution in [1.82, 2.24) is 0 Å². The molecule has 1 saturated heterocycles. The summed E-state index contributed by atoms with van der Waals surface area (Å²) in [7, 11) is -3.30. The van der Waals surface area contributed by atoms with Crippen LogP contribution < -0.4 is 0 Å². The fourth-order valence-corrected chi connectivity index (χ4v) is 4.18. The summed E-state index contributed by atoms with van der Waals surface area (Å²) in [5.74, 6) is -0.640. The molecule has 18 heavy (non-hydrogen) atoms. The Morgan fingerprint density at radius 1 is 1.33 bits per heavy atom. The molecule has 0 radical (unpaired) electrons. The van der Waals surface area contributed by atoms with Gasteiger partial charge in [-0.25, -0.2) is 12.8 Å². The second-order valence-electron chi connectivity index (χ2n) is 4.62. The minimum absolute atomic E-state index is 0.0122. The van der Waals surface area contributed by atoms with Gasteiger partial charge in [0, 0.05) is 6.42 Å². The van der Waals surface area contributed by atoms with Gasteiger partial charge in [-0.15, -0.1) is 0 Å². The van der Waals surface area contributed by atoms with Gasteiger partial charge in [0.25, 0.3) is 0 Å². The molecule has 3 nitrogen and oxygen atoms in total. The van der Waals surface area contributed by atoms with Crippen molar-refractivity contribution in [2.45, 2.75) is 30.9 Å². The van der Waals surface area contributed by atoms with Crippen LogP contribution >= 0.6 is 0 Å². The van der Waals surface area contributed by atoms with Crippen LogP contribution in [0, 0.1) is 5.82 Å². The first kappa shape index (κ1) is 13.2. The predicted molar refractivity (Wildman–Crippen MR) is 66.5 cm³/mol. The number of carbonyl (C=O) groups is 1. The third kappa shape index (κ3) is 2.96. The molecule has 0 spiro atoms. The van der Waals surface area contributed by atoms with E-state index in [-0.39, 0.29) is 18.0 Å². The smallest absolute Gasteiger partial charge is 0.160 e. The molecule has 1 atom stereocenters. The average Bonchev–Trinajstić information content (AvgIpc) is 2.28. The number of hydrogen-bond acceptors (Lipinski definition) is 3. The van der Waals surface area contributed by atoms with E-state index in [0.717, 1.165) is 6.42 Å². The molecule has 1 aromatic rings. The lowest BCUT2D eigenvalue weighted by Crippen LogP contribution is -2.36. The summed E-state index contributed by atoms with van der Waals surface area (Å²) in [6, 6.07) is 5.72. The standard InChI is InChI=1S/C13H15FO3S/c14-11-5-3-4-10(8-11)9-12(15)13-6-1-2-7-18(13,16)17/h3-5,8,13H,1-2,6-7,9H2. The summed E-state index contributed by atoms with van der Waals surface area (Å²) in [6.07, 6.45) is 1.78. The van der Waals surface area contributed by atoms with Crippen LogP contribution in [0.25, 0.3) is 0 Å². The van der Waals surface area contributed by atoms with Crippen LogP contribution in [0.4, 0.5) is 4.39 Å². The molecular formula is C13H15FO3S. The Hall–Kier alpha value is -1.23. The molecule has 5 heteroatoms. The van der Waals surface area contributed by atoms with Crippen molar-refractivity contribution >= 4 is 15.6 Å². The van der Waals surface area contributed by atoms with Crippen LogP contribution in [0.3, 0.4) is 0 Å². The Balaban J connectivity index is 2.12. The lowest BCUT2D eigenvalue weighted by atomic mass is 10.0. The topological polar surface area (TPSA) is 51.2 Å². The molecule has 1 aliphatic rings. The van der Waals surface area contributed by atoms with E-state index in [1.807, 2.05) is 0 Å². The summed E-state index contributed by atoms with van der Waals surface area (Å²) in [6.45, 7) is 0. The van der Waals surface area contributed by atoms with Gasteiger partial charge in [-0.05, 0) is 30.5 Å². The van der Waals surface area contributed by atoms with Crippen molar-refractivity contribution in [3.63, 3.8) is 0 Å². The van der Waals surface area contributed by atoms with Crippen molar-refractivity contribution in [1.29, 1.82) is 0 Å². The Bertz CT molecular complexity index is 551. The van der Waals surface area contributed by atoms with E-state index < -0.39 is 20.9 Å². The molecule has 1 unspecified atom stereocenters. The van der Waals surface area contributed by atoms with Gasteiger partial charge in [0.2, 0.25) is 0 Å². The summed E-state index contributed by atoms with van der Waals surface area (Å²) >= 11 is 0. The van der Waals surface area contributed by atoms with Gasteiger partial charge in [0.05, 0.1) is 5.75 Å². The van der Waals surface area contributed by atoms with Gasteiger partial charge in [-0.1, -0.05) is 18.6 Å². The fourth-order valence-electron chi connectivity index (χ4n) is 2.28. The number of Topliss-reactive ketones (excluding diaryl/α,β-unsaturated/α-hetero) is 1. The Morgan fingerprint density at radius 3 is 2.78 bits per heavy atom. The van der Waals surface area contributed by atoms with E-state index >= 15 is 0 Å². The molecule has 1 aliphatic heterocycles. The number of sulfone groups is 1. The molecule has 0 saturated carbocycles. The van der Waals surface area contributed by atoms with E-state index in [1.54, 1.807) is 6.07 Å². The first-order valence-corrected chi connectivity index (χ1v) is 7.69. The Labute approximate surface area is 106 Å². The van der Waals surface area contributed by atoms with E-state index in [9.17, 15) is 17.6 Å². The molecular weight excluding hydrogens is 255 g/mol. The second-order valence-corrected chi connectivity index (χ2v) is 6.93. The normalized spacial score (nSPS) is 22.6. The molecule has 1 heterocycles. The third-order valence-corrected chi connectivity index (χ3v) is 5.43. The number of rotatable bonds is 3. The molecule has 0 amide bonds. The van der Waals surface area contributed by atoms with Crippen molar-refractivity contribution in [2.24, 2.45) is 0 Å². The molecule has 98 valence electrons. The highest BCUT2D eigenvalue weighted by molar-refractivity contribution is 7.92. The van der Waals surface area contributed by atoms with Crippen LogP contribution in [0.1, 0.15) is 24.8 Å². The molecule has 0 bridgehead atoms. The van der Waals surface area contributed by atoms with Crippen molar-refractivity contribution in [3.8, 4) is 0 Å². The molecule has 0 aliphatic carbocycles. The van der Waals surface area contributed by atoms with Gasteiger partial charge in [0.1, 0.15) is 11.1 Å². The maximum atomic E-state index is 13.0. The lowest BCUT2D eigenvalue weighted by Gasteiger charge is -2.20. The van der Waals surface area contributed by atoms with Gasteiger partial charge >= 0.3 is 0 Å². The van der Waals surface area contributed by atoms with E-state index in [1.165, 1.54) is 18.2 Å². The first-order valence-electron chi connectivity index (χ1n) is 5.98. The highest BCUT2D eigenvalue weighted by atomic mass is 32.2. The Kier molecular flexibility index (Phi) is 3.80. The summed E-state index contributed by atoms with van der Waals surface area (Å²) in [5.41, 5.74) is 0.528. The zero-order valence-electron chi connectivity index (χ0n) is 9.93. The monoisotopic (exact) mass is 270 g/mol. The van der Waals surface area contributed by atoms with Crippen LogP contribution in [0.5, 0.6) is 0 Å². The lowest BCUT2D eigenvalue weighted by molar-refractivity contribution is -0.118. The van der Waals surface area contributed by atoms with Crippen molar-refractivity contribution in [2.75, 3.05) is 5.75 Å². The summed E-state index contributed by atoms with van der Waals surface area (Å²) < 4.78 is 36.6. The molecule has 1 aromatic carbocycles. The third-order valence-electron chi connectivity index (χ3n) is 3.21. The largest absolute Gasteiger partial charge is 0.298 e. The summed E-state index contributed by atoms with van der Waals surface area (Å²) in [5, 5.41) is -0.894. The average molecular weight is 270 g/mol. The SMILES string of the molecule is O=C(Cc1cccc(F)c1)C1CCCCS1(=O)=O. The van der Waals surface area contributed by atoms with Gasteiger partial charge in [-0.3, -0.25) is 4.79 Å². The number of ketones is 1. The highest BCUT2D eigenvalue weighted by Crippen LogP contribution is 2.21. The minimum Gasteiger partial charge on any atom is -0.298 e. The van der Waals surface area contributed by atoms with Gasteiger partial charge in [-0.2, -0.15) is 0 Å². The fraction of sp³-hybridized carbons (Fsp3) is 0.462.